The van der Waals surface area contributed by atoms with Gasteiger partial charge in [0.15, 0.2) is 0 Å². The number of carbonyl (C=O) groups is 3. The third-order valence-corrected chi connectivity index (χ3v) is 1.75. The zero-order valence-electron chi connectivity index (χ0n) is 9.40. The van der Waals surface area contributed by atoms with Crippen LogP contribution < -0.4 is 0 Å². The summed E-state index contributed by atoms with van der Waals surface area (Å²) in [6.07, 6.45) is -1.23. The fourth-order valence-electron chi connectivity index (χ4n) is 0.856. The minimum absolute atomic E-state index is 0. The van der Waals surface area contributed by atoms with Gasteiger partial charge < -0.3 is 20.4 Å². The summed E-state index contributed by atoms with van der Waals surface area (Å²) in [5.41, 5.74) is -0.380. The predicted molar refractivity (Wildman–Crippen MR) is 66.8 cm³/mol. The van der Waals surface area contributed by atoms with E-state index in [0.29, 0.717) is 0 Å². The van der Waals surface area contributed by atoms with Crippen molar-refractivity contribution in [2.24, 2.45) is 0 Å². The van der Waals surface area contributed by atoms with E-state index in [4.69, 9.17) is 20.4 Å². The van der Waals surface area contributed by atoms with Crippen LogP contribution in [0, 0.1) is 0 Å². The molecule has 19 heavy (non-hydrogen) atoms. The summed E-state index contributed by atoms with van der Waals surface area (Å²) >= 11 is 0. The van der Waals surface area contributed by atoms with Crippen molar-refractivity contribution in [3.63, 3.8) is 0 Å². The third kappa shape index (κ3) is 7.58. The molecule has 0 amide bonds. The van der Waals surface area contributed by atoms with Gasteiger partial charge in [0.2, 0.25) is 0 Å². The maximum absolute atomic E-state index is 10.5. The molecule has 0 fully saturated rings. The van der Waals surface area contributed by atoms with Crippen molar-refractivity contribution in [2.45, 2.75) is 13.0 Å². The first-order chi connectivity index (χ1) is 8.27. The summed E-state index contributed by atoms with van der Waals surface area (Å²) in [6, 6.07) is 5.48. The van der Waals surface area contributed by atoms with Crippen LogP contribution in [0.3, 0.4) is 0 Å². The Morgan fingerprint density at radius 1 is 0.947 bits per heavy atom. The molecule has 4 N–H and O–H groups in total. The second-order valence-electron chi connectivity index (χ2n) is 3.17. The summed E-state index contributed by atoms with van der Waals surface area (Å²) in [6.45, 7) is 1.20. The van der Waals surface area contributed by atoms with Crippen LogP contribution in [-0.4, -0.2) is 74.0 Å². The van der Waals surface area contributed by atoms with Crippen molar-refractivity contribution in [1.29, 1.82) is 0 Å². The van der Waals surface area contributed by atoms with Crippen LogP contribution >= 0.6 is 0 Å². The molecule has 8 heteroatoms. The second kappa shape index (κ2) is 9.51. The summed E-state index contributed by atoms with van der Waals surface area (Å²) in [7, 11) is 0. The van der Waals surface area contributed by atoms with E-state index >= 15 is 0 Å². The fourth-order valence-corrected chi connectivity index (χ4v) is 0.856. The third-order valence-electron chi connectivity index (χ3n) is 1.75. The number of rotatable bonds is 3. The zero-order valence-corrected chi connectivity index (χ0v) is 9.40. The molecule has 0 heterocycles. The Morgan fingerprint density at radius 3 is 1.37 bits per heavy atom. The maximum atomic E-state index is 10.5. The van der Waals surface area contributed by atoms with Crippen LogP contribution in [0.2, 0.25) is 0 Å². The van der Waals surface area contributed by atoms with Crippen LogP contribution in [-0.2, 0) is 4.79 Å². The van der Waals surface area contributed by atoms with E-state index in [0.717, 1.165) is 0 Å². The second-order valence-corrected chi connectivity index (χ2v) is 3.17. The van der Waals surface area contributed by atoms with Crippen molar-refractivity contribution in [2.75, 3.05) is 0 Å². The molecule has 100 valence electrons. The molecule has 1 aromatic carbocycles. The topological polar surface area (TPSA) is 132 Å². The molecule has 1 rings (SSSR count). The predicted octanol–water partition coefficient (Wildman–Crippen LogP) is -0.114. The molecule has 0 saturated heterocycles. The van der Waals surface area contributed by atoms with Gasteiger partial charge in [-0.1, -0.05) is 12.1 Å². The number of aromatic carboxylic acids is 2. The van der Waals surface area contributed by atoms with Gasteiger partial charge in [0.25, 0.3) is 0 Å². The van der Waals surface area contributed by atoms with Gasteiger partial charge >= 0.3 is 47.5 Å². The van der Waals surface area contributed by atoms with Gasteiger partial charge in [0, 0.05) is 0 Å². The molecule has 0 spiro atoms. The number of carboxylic acids is 3. The first-order valence-electron chi connectivity index (χ1n) is 4.73. The minimum atomic E-state index is -1.23. The van der Waals surface area contributed by atoms with Gasteiger partial charge in [-0.25, -0.2) is 14.4 Å². The van der Waals surface area contributed by atoms with Gasteiger partial charge in [-0.2, -0.15) is 0 Å². The molecule has 0 aliphatic rings. The normalized spacial score (nSPS) is 10.2. The molecule has 0 aliphatic heterocycles. The summed E-state index contributed by atoms with van der Waals surface area (Å²) < 4.78 is 0. The average molecular weight is 280 g/mol. The number of hydrogen-bond acceptors (Lipinski definition) is 4. The Morgan fingerprint density at radius 2 is 1.21 bits per heavy atom. The number of aliphatic hydroxyl groups is 1. The number of aliphatic carboxylic acids is 1. The van der Waals surface area contributed by atoms with Gasteiger partial charge in [-0.05, 0) is 19.1 Å². The first-order valence-corrected chi connectivity index (χ1v) is 4.73. The quantitative estimate of drug-likeness (QED) is 0.567. The van der Waals surface area contributed by atoms with Crippen molar-refractivity contribution in [3.05, 3.63) is 35.4 Å². The van der Waals surface area contributed by atoms with Gasteiger partial charge in [0.1, 0.15) is 6.10 Å². The van der Waals surface area contributed by atoms with E-state index in [9.17, 15) is 14.4 Å². The summed E-state index contributed by atoms with van der Waals surface area (Å²) in [5.74, 6) is -3.64. The van der Waals surface area contributed by atoms with E-state index in [-0.39, 0.29) is 40.7 Å². The molecule has 0 aromatic heterocycles. The van der Waals surface area contributed by atoms with E-state index in [1.807, 2.05) is 0 Å². The molecule has 0 bridgehead atoms. The molecular weight excluding hydrogens is 267 g/mol. The molecule has 0 aliphatic carbocycles. The van der Waals surface area contributed by atoms with Crippen molar-refractivity contribution in [1.82, 2.24) is 0 Å². The Balaban J connectivity index is 0. The molecule has 1 aromatic rings. The SMILES string of the molecule is CC(O)C(=O)O.O=C(O)c1ccccc1C(=O)O.[NaH]. The van der Waals surface area contributed by atoms with Gasteiger partial charge in [0.05, 0.1) is 11.1 Å². The molecule has 1 unspecified atom stereocenters. The molecule has 1 atom stereocenters. The standard InChI is InChI=1S/C8H6O4.C3H6O3.Na.H/c9-7(10)5-3-1-2-4-6(5)8(11)12;1-2(4)3(5)6;;/h1-4H,(H,9,10)(H,11,12);2,4H,1H3,(H,5,6);;. The molecule has 0 radical (unpaired) electrons. The van der Waals surface area contributed by atoms with Crippen LogP contribution in [0.15, 0.2) is 24.3 Å². The van der Waals surface area contributed by atoms with Crippen molar-refractivity contribution >= 4 is 47.5 Å². The molecular formula is C11H13NaO7. The van der Waals surface area contributed by atoms with Gasteiger partial charge in [-0.3, -0.25) is 0 Å². The Hall–Kier alpha value is -1.41. The fraction of sp³-hybridized carbons (Fsp3) is 0.182. The van der Waals surface area contributed by atoms with Gasteiger partial charge in [-0.15, -0.1) is 0 Å². The number of benzene rings is 1. The summed E-state index contributed by atoms with van der Waals surface area (Å²) in [4.78, 5) is 30.4. The zero-order chi connectivity index (χ0) is 14.3. The number of aliphatic hydroxyl groups excluding tert-OH is 1. The molecule has 0 saturated carbocycles. The van der Waals surface area contributed by atoms with E-state index < -0.39 is 24.0 Å². The Labute approximate surface area is 130 Å². The Kier molecular flexibility index (Phi) is 9.97. The summed E-state index contributed by atoms with van der Waals surface area (Å²) in [5, 5.41) is 32.9. The van der Waals surface area contributed by atoms with Crippen LogP contribution in [0.1, 0.15) is 27.6 Å². The van der Waals surface area contributed by atoms with E-state index in [1.165, 1.54) is 31.2 Å². The monoisotopic (exact) mass is 280 g/mol. The first kappa shape index (κ1) is 19.9. The van der Waals surface area contributed by atoms with E-state index in [2.05, 4.69) is 0 Å². The average Bonchev–Trinajstić information content (AvgIpc) is 2.29. The van der Waals surface area contributed by atoms with Crippen LogP contribution in [0.4, 0.5) is 0 Å². The van der Waals surface area contributed by atoms with Crippen LogP contribution in [0.5, 0.6) is 0 Å². The number of hydrogen-bond donors (Lipinski definition) is 4. The molecule has 7 nitrogen and oxygen atoms in total. The van der Waals surface area contributed by atoms with Crippen LogP contribution in [0.25, 0.3) is 0 Å². The number of carboxylic acid groups (broad SMARTS) is 3. The van der Waals surface area contributed by atoms with E-state index in [1.54, 1.807) is 0 Å². The Bertz CT molecular complexity index is 423. The van der Waals surface area contributed by atoms with Crippen molar-refractivity contribution in [3.8, 4) is 0 Å². The van der Waals surface area contributed by atoms with Crippen molar-refractivity contribution < 1.29 is 34.8 Å².